The van der Waals surface area contributed by atoms with Crippen molar-refractivity contribution in [3.63, 3.8) is 0 Å². The van der Waals surface area contributed by atoms with Crippen LogP contribution in [0.3, 0.4) is 0 Å². The predicted molar refractivity (Wildman–Crippen MR) is 92.0 cm³/mol. The number of hydrogen-bond acceptors (Lipinski definition) is 6. The topological polar surface area (TPSA) is 115 Å². The second-order valence-electron chi connectivity index (χ2n) is 5.56. The summed E-state index contributed by atoms with van der Waals surface area (Å²) in [6.45, 7) is -1.41. The van der Waals surface area contributed by atoms with Crippen LogP contribution in [0.2, 0.25) is 0 Å². The molecule has 3 aromatic rings. The fourth-order valence-electron chi connectivity index (χ4n) is 2.47. The minimum Gasteiger partial charge on any atom is -0.652 e. The van der Waals surface area contributed by atoms with E-state index in [1.165, 1.54) is 25.2 Å². The van der Waals surface area contributed by atoms with Crippen LogP contribution in [0.5, 0.6) is 5.75 Å². The summed E-state index contributed by atoms with van der Waals surface area (Å²) in [6, 6.07) is 13.2. The third kappa shape index (κ3) is 10.1. The van der Waals surface area contributed by atoms with Crippen LogP contribution in [0.25, 0.3) is 22.3 Å². The van der Waals surface area contributed by atoms with Crippen molar-refractivity contribution in [2.24, 2.45) is 0 Å². The molecule has 0 fully saturated rings. The Bertz CT molecular complexity index is 1010. The Labute approximate surface area is 292 Å². The zero-order chi connectivity index (χ0) is 21.6. The number of rotatable bonds is 4. The molecule has 0 bridgehead atoms. The number of ether oxygens (including phenoxy) is 1. The summed E-state index contributed by atoms with van der Waals surface area (Å²) in [5.41, 5.74) is 1.33. The van der Waals surface area contributed by atoms with Crippen LogP contribution in [0.4, 0.5) is 18.0 Å². The minimum absolute atomic E-state index is 0. The van der Waals surface area contributed by atoms with E-state index in [4.69, 9.17) is 24.2 Å². The van der Waals surface area contributed by atoms with Gasteiger partial charge in [-0.25, -0.2) is 0 Å². The second-order valence-corrected chi connectivity index (χ2v) is 5.56. The molecule has 0 radical (unpaired) electrons. The average Bonchev–Trinajstić information content (AvgIpc) is 3.04. The Morgan fingerprint density at radius 2 is 1.65 bits per heavy atom. The molecule has 31 heavy (non-hydrogen) atoms. The van der Waals surface area contributed by atoms with E-state index in [9.17, 15) is 18.0 Å². The zero-order valence-corrected chi connectivity index (χ0v) is 29.5. The molecular weight excluding hydrogens is 661 g/mol. The molecule has 0 unspecified atom stereocenters. The van der Waals surface area contributed by atoms with Crippen LogP contribution in [0.15, 0.2) is 52.9 Å². The number of carboxylic acid groups (broad SMARTS) is 2. The van der Waals surface area contributed by atoms with E-state index in [0.717, 1.165) is 0 Å². The van der Waals surface area contributed by atoms with Crippen molar-refractivity contribution < 1.29 is 180 Å². The molecule has 1 amide bonds. The maximum Gasteiger partial charge on any atom is 1.00 e. The molecule has 1 N–H and O–H groups in total. The Morgan fingerprint density at radius 3 is 2.16 bits per heavy atom. The van der Waals surface area contributed by atoms with E-state index in [1.807, 2.05) is 6.07 Å². The first-order valence-corrected chi connectivity index (χ1v) is 8.04. The molecular formula is C19H14Cs2F3NO6. The molecule has 0 saturated carbocycles. The van der Waals surface area contributed by atoms with Gasteiger partial charge in [0.05, 0.1) is 5.56 Å². The molecule has 3 rings (SSSR count). The van der Waals surface area contributed by atoms with Gasteiger partial charge in [-0.1, -0.05) is 30.3 Å². The first-order valence-electron chi connectivity index (χ1n) is 8.04. The summed E-state index contributed by atoms with van der Waals surface area (Å²) in [7, 11) is 1.47. The molecule has 0 spiro atoms. The van der Waals surface area contributed by atoms with Gasteiger partial charge in [0.2, 0.25) is 0 Å². The number of benzene rings is 2. The molecule has 1 heterocycles. The van der Waals surface area contributed by atoms with E-state index in [-0.39, 0.29) is 149 Å². The Kier molecular flexibility index (Phi) is 14.8. The summed E-state index contributed by atoms with van der Waals surface area (Å²) in [5, 5.41) is 19.6. The smallest absolute Gasteiger partial charge is 0.652 e. The molecule has 1 aromatic heterocycles. The van der Waals surface area contributed by atoms with E-state index in [1.54, 1.807) is 24.3 Å². The summed E-state index contributed by atoms with van der Waals surface area (Å²) in [4.78, 5) is 20.7. The SMILES string of the molecule is CNC(=O)c1c(-c2ccccc2)oc2ccc(OCC(F)(F)F)cc12.O=C([O-])[O-].[Cs+].[Cs+]. The first-order chi connectivity index (χ1) is 13.6. The minimum atomic E-state index is -4.44. The number of halogens is 3. The first kappa shape index (κ1) is 31.4. The van der Waals surface area contributed by atoms with Gasteiger partial charge in [-0.2, -0.15) is 13.2 Å². The second kappa shape index (κ2) is 14.6. The molecule has 0 aliphatic heterocycles. The Hall–Kier alpha value is 0.414. The fraction of sp³-hybridized carbons (Fsp3) is 0.158. The number of amides is 1. The standard InChI is InChI=1S/C18H14F3NO3.CH2O3.2Cs/c1-22-17(23)15-13-9-12(24-10-18(19,20)21)7-8-14(13)25-16(15)11-5-3-2-4-6-11;2-1(3)4;;/h2-9H,10H2,1H3,(H,22,23);(H2,2,3,4);;/q;;2*+1/p-2. The van der Waals surface area contributed by atoms with Gasteiger partial charge >= 0.3 is 144 Å². The number of carbonyl (C=O) groups is 2. The van der Waals surface area contributed by atoms with E-state index in [2.05, 4.69) is 5.32 Å². The number of nitrogens with one attached hydrogen (secondary N) is 1. The predicted octanol–water partition coefficient (Wildman–Crippen LogP) is -4.04. The molecule has 0 aliphatic carbocycles. The zero-order valence-electron chi connectivity index (χ0n) is 16.9. The number of hydrogen-bond donors (Lipinski definition) is 1. The molecule has 12 heteroatoms. The van der Waals surface area contributed by atoms with Gasteiger partial charge in [-0.3, -0.25) is 4.79 Å². The number of alkyl halides is 3. The van der Waals surface area contributed by atoms with Crippen molar-refractivity contribution in [1.82, 2.24) is 5.32 Å². The van der Waals surface area contributed by atoms with Crippen molar-refractivity contribution >= 4 is 23.0 Å². The van der Waals surface area contributed by atoms with Gasteiger partial charge in [0, 0.05) is 18.0 Å². The average molecular weight is 675 g/mol. The monoisotopic (exact) mass is 675 g/mol. The number of carbonyl (C=O) groups excluding carboxylic acids is 2. The molecule has 2 aromatic carbocycles. The van der Waals surface area contributed by atoms with Crippen LogP contribution < -0.4 is 158 Å². The molecule has 0 aliphatic rings. The number of fused-ring (bicyclic) bond motifs is 1. The van der Waals surface area contributed by atoms with E-state index >= 15 is 0 Å². The van der Waals surface area contributed by atoms with E-state index < -0.39 is 24.8 Å². The molecule has 0 saturated heterocycles. The van der Waals surface area contributed by atoms with Crippen molar-refractivity contribution in [1.29, 1.82) is 0 Å². The molecule has 0 atom stereocenters. The summed E-state index contributed by atoms with van der Waals surface area (Å²) < 4.78 is 47.5. The van der Waals surface area contributed by atoms with Gasteiger partial charge in [0.15, 0.2) is 6.61 Å². The third-order valence-electron chi connectivity index (χ3n) is 3.55. The Morgan fingerprint density at radius 1 is 1.06 bits per heavy atom. The molecule has 154 valence electrons. The van der Waals surface area contributed by atoms with Gasteiger partial charge in [-0.05, 0) is 24.4 Å². The maximum atomic E-state index is 12.3. The fourth-order valence-corrected chi connectivity index (χ4v) is 2.47. The van der Waals surface area contributed by atoms with Crippen molar-refractivity contribution in [3.8, 4) is 17.1 Å². The largest absolute Gasteiger partial charge is 1.00 e. The van der Waals surface area contributed by atoms with E-state index in [0.29, 0.717) is 22.3 Å². The normalized spacial score (nSPS) is 10.1. The summed E-state index contributed by atoms with van der Waals surface area (Å²) in [6.07, 6.45) is -6.77. The van der Waals surface area contributed by atoms with Gasteiger partial charge in [0.25, 0.3) is 5.91 Å². The van der Waals surface area contributed by atoms with Crippen LogP contribution in [-0.2, 0) is 0 Å². The van der Waals surface area contributed by atoms with Crippen molar-refractivity contribution in [3.05, 3.63) is 54.1 Å². The van der Waals surface area contributed by atoms with Gasteiger partial charge in [0.1, 0.15) is 17.1 Å². The third-order valence-corrected chi connectivity index (χ3v) is 3.55. The van der Waals surface area contributed by atoms with Crippen LogP contribution >= 0.6 is 0 Å². The maximum absolute atomic E-state index is 12.3. The van der Waals surface area contributed by atoms with Crippen LogP contribution in [0, 0.1) is 0 Å². The van der Waals surface area contributed by atoms with Crippen LogP contribution in [0.1, 0.15) is 10.4 Å². The quantitative estimate of drug-likeness (QED) is 0.302. The van der Waals surface area contributed by atoms with Crippen LogP contribution in [-0.4, -0.2) is 31.9 Å². The van der Waals surface area contributed by atoms with Gasteiger partial charge in [-0.15, -0.1) is 0 Å². The van der Waals surface area contributed by atoms with Gasteiger partial charge < -0.3 is 29.5 Å². The molecule has 7 nitrogen and oxygen atoms in total. The number of furan rings is 1. The Balaban J connectivity index is 0.00000138. The van der Waals surface area contributed by atoms with Crippen molar-refractivity contribution in [2.75, 3.05) is 13.7 Å². The summed E-state index contributed by atoms with van der Waals surface area (Å²) in [5.74, 6) is -0.0381. The summed E-state index contributed by atoms with van der Waals surface area (Å²) >= 11 is 0. The van der Waals surface area contributed by atoms with Crippen molar-refractivity contribution in [2.45, 2.75) is 6.18 Å².